The third-order valence-corrected chi connectivity index (χ3v) is 4.51. The first-order valence-corrected chi connectivity index (χ1v) is 6.82. The van der Waals surface area contributed by atoms with E-state index in [-0.39, 0.29) is 18.0 Å². The van der Waals surface area contributed by atoms with Gasteiger partial charge in [0.05, 0.1) is 11.7 Å². The van der Waals surface area contributed by atoms with Crippen LogP contribution in [0.15, 0.2) is 11.6 Å². The van der Waals surface area contributed by atoms with Crippen molar-refractivity contribution >= 4 is 0 Å². The smallest absolute Gasteiger partial charge is 0.162 e. The number of hydrogen-bond donors (Lipinski definition) is 0. The van der Waals surface area contributed by atoms with Crippen molar-refractivity contribution in [1.29, 1.82) is 0 Å². The number of ether oxygens (including phenoxy) is 2. The first kappa shape index (κ1) is 13.1. The molecule has 17 heavy (non-hydrogen) atoms. The molecule has 2 heteroatoms. The van der Waals surface area contributed by atoms with Crippen LogP contribution in [-0.2, 0) is 9.47 Å². The Bertz CT molecular complexity index is 319. The van der Waals surface area contributed by atoms with Crippen molar-refractivity contribution in [3.63, 3.8) is 0 Å². The minimum Gasteiger partial charge on any atom is -0.346 e. The molecule has 1 heterocycles. The van der Waals surface area contributed by atoms with E-state index < -0.39 is 0 Å². The van der Waals surface area contributed by atoms with E-state index >= 15 is 0 Å². The predicted octanol–water partition coefficient (Wildman–Crippen LogP) is 3.76. The molecule has 1 aliphatic carbocycles. The molecule has 1 aliphatic heterocycles. The Kier molecular flexibility index (Phi) is 3.39. The average molecular weight is 238 g/mol. The molecule has 1 fully saturated rings. The second-order valence-electron chi connectivity index (χ2n) is 6.50. The van der Waals surface area contributed by atoms with Gasteiger partial charge in [0, 0.05) is 5.92 Å². The van der Waals surface area contributed by atoms with Crippen molar-refractivity contribution in [2.24, 2.45) is 17.8 Å². The summed E-state index contributed by atoms with van der Waals surface area (Å²) in [5.74, 6) is 1.67. The molecule has 0 bridgehead atoms. The van der Waals surface area contributed by atoms with Crippen LogP contribution in [0.4, 0.5) is 0 Å². The van der Waals surface area contributed by atoms with Crippen molar-refractivity contribution < 1.29 is 9.47 Å². The van der Waals surface area contributed by atoms with Crippen LogP contribution in [0.5, 0.6) is 0 Å². The summed E-state index contributed by atoms with van der Waals surface area (Å²) < 4.78 is 12.2. The lowest BCUT2D eigenvalue weighted by molar-refractivity contribution is -0.138. The Morgan fingerprint density at radius 3 is 2.35 bits per heavy atom. The molecule has 0 spiro atoms. The molecule has 0 amide bonds. The van der Waals surface area contributed by atoms with Gasteiger partial charge in [-0.05, 0) is 46.0 Å². The lowest BCUT2D eigenvalue weighted by Gasteiger charge is -2.36. The average Bonchev–Trinajstić information content (AvgIpc) is 2.38. The van der Waals surface area contributed by atoms with E-state index in [1.165, 1.54) is 12.0 Å². The first-order chi connectivity index (χ1) is 7.81. The Hall–Kier alpha value is -0.340. The molecule has 0 N–H and O–H groups in total. The fraction of sp³-hybridized carbons (Fsp3) is 0.867. The van der Waals surface area contributed by atoms with Crippen LogP contribution in [0.25, 0.3) is 0 Å². The van der Waals surface area contributed by atoms with E-state index in [2.05, 4.69) is 47.6 Å². The number of rotatable bonds is 1. The van der Waals surface area contributed by atoms with Gasteiger partial charge in [0.1, 0.15) is 0 Å². The fourth-order valence-electron chi connectivity index (χ4n) is 3.26. The molecule has 0 aromatic carbocycles. The summed E-state index contributed by atoms with van der Waals surface area (Å²) in [6.45, 7) is 13.2. The molecule has 0 aromatic rings. The van der Waals surface area contributed by atoms with Gasteiger partial charge in [0.2, 0.25) is 0 Å². The molecular weight excluding hydrogens is 212 g/mol. The van der Waals surface area contributed by atoms with Gasteiger partial charge in [-0.3, -0.25) is 0 Å². The maximum Gasteiger partial charge on any atom is 0.162 e. The number of allylic oxidation sites excluding steroid dienone is 2. The SMILES string of the molecule is CC1=C[C@@H](C)[C@@H]([C@H]2O[C@@H](C)C(C)(C)O2)[C@H](C)C1. The zero-order valence-electron chi connectivity index (χ0n) is 12.0. The van der Waals surface area contributed by atoms with Crippen molar-refractivity contribution in [3.8, 4) is 0 Å². The largest absolute Gasteiger partial charge is 0.346 e. The molecule has 2 nitrogen and oxygen atoms in total. The lowest BCUT2D eigenvalue weighted by atomic mass is 9.74. The van der Waals surface area contributed by atoms with Crippen LogP contribution >= 0.6 is 0 Å². The number of hydrogen-bond acceptors (Lipinski definition) is 2. The monoisotopic (exact) mass is 238 g/mol. The molecule has 5 atom stereocenters. The summed E-state index contributed by atoms with van der Waals surface area (Å²) in [5.41, 5.74) is 1.35. The maximum absolute atomic E-state index is 6.13. The third kappa shape index (κ3) is 2.43. The quantitative estimate of drug-likeness (QED) is 0.647. The lowest BCUT2D eigenvalue weighted by Crippen LogP contribution is -2.36. The first-order valence-electron chi connectivity index (χ1n) is 6.82. The second kappa shape index (κ2) is 4.40. The van der Waals surface area contributed by atoms with Crippen LogP contribution in [0.3, 0.4) is 0 Å². The van der Waals surface area contributed by atoms with E-state index in [4.69, 9.17) is 9.47 Å². The Morgan fingerprint density at radius 2 is 1.88 bits per heavy atom. The molecule has 0 unspecified atom stereocenters. The zero-order valence-corrected chi connectivity index (χ0v) is 12.0. The molecule has 0 aromatic heterocycles. The minimum atomic E-state index is -0.152. The fourth-order valence-corrected chi connectivity index (χ4v) is 3.26. The van der Waals surface area contributed by atoms with Crippen molar-refractivity contribution in [2.45, 2.75) is 66.0 Å². The van der Waals surface area contributed by atoms with Gasteiger partial charge >= 0.3 is 0 Å². The van der Waals surface area contributed by atoms with Gasteiger partial charge in [-0.2, -0.15) is 0 Å². The zero-order chi connectivity index (χ0) is 12.8. The molecule has 98 valence electrons. The third-order valence-electron chi connectivity index (χ3n) is 4.51. The topological polar surface area (TPSA) is 18.5 Å². The van der Waals surface area contributed by atoms with Crippen LogP contribution < -0.4 is 0 Å². The van der Waals surface area contributed by atoms with E-state index in [9.17, 15) is 0 Å². The van der Waals surface area contributed by atoms with Gasteiger partial charge in [0.15, 0.2) is 6.29 Å². The van der Waals surface area contributed by atoms with Crippen LogP contribution in [-0.4, -0.2) is 18.0 Å². The normalized spacial score (nSPS) is 45.8. The Morgan fingerprint density at radius 1 is 1.24 bits per heavy atom. The van der Waals surface area contributed by atoms with Gasteiger partial charge in [-0.1, -0.05) is 25.5 Å². The molecule has 0 saturated carbocycles. The highest BCUT2D eigenvalue weighted by atomic mass is 16.7. The van der Waals surface area contributed by atoms with E-state index in [1.54, 1.807) is 0 Å². The standard InChI is InChI=1S/C15H26O2/c1-9-7-10(2)13(11(3)8-9)14-16-12(4)15(5,6)17-14/h7,10-14H,8H2,1-6H3/t10-,11-,12+,13-,14+/m1/s1. The Balaban J connectivity index is 2.14. The minimum absolute atomic E-state index is 0.0330. The highest BCUT2D eigenvalue weighted by molar-refractivity contribution is 5.09. The van der Waals surface area contributed by atoms with Crippen molar-refractivity contribution in [2.75, 3.05) is 0 Å². The van der Waals surface area contributed by atoms with Gasteiger partial charge in [0.25, 0.3) is 0 Å². The van der Waals surface area contributed by atoms with E-state index in [0.29, 0.717) is 17.8 Å². The predicted molar refractivity (Wildman–Crippen MR) is 69.7 cm³/mol. The van der Waals surface area contributed by atoms with Crippen LogP contribution in [0, 0.1) is 17.8 Å². The summed E-state index contributed by atoms with van der Waals surface area (Å²) in [6, 6.07) is 0. The summed E-state index contributed by atoms with van der Waals surface area (Å²) in [5, 5.41) is 0. The molecule has 1 saturated heterocycles. The molecule has 0 radical (unpaired) electrons. The van der Waals surface area contributed by atoms with Gasteiger partial charge in [-0.25, -0.2) is 0 Å². The van der Waals surface area contributed by atoms with Crippen LogP contribution in [0.1, 0.15) is 48.0 Å². The van der Waals surface area contributed by atoms with E-state index in [0.717, 1.165) is 0 Å². The van der Waals surface area contributed by atoms with Crippen molar-refractivity contribution in [1.82, 2.24) is 0 Å². The molecule has 2 rings (SSSR count). The van der Waals surface area contributed by atoms with Crippen molar-refractivity contribution in [3.05, 3.63) is 11.6 Å². The van der Waals surface area contributed by atoms with Gasteiger partial charge < -0.3 is 9.47 Å². The molecule has 2 aliphatic rings. The van der Waals surface area contributed by atoms with Gasteiger partial charge in [-0.15, -0.1) is 0 Å². The van der Waals surface area contributed by atoms with Crippen LogP contribution in [0.2, 0.25) is 0 Å². The maximum atomic E-state index is 6.13. The summed E-state index contributed by atoms with van der Waals surface area (Å²) in [4.78, 5) is 0. The molecular formula is C15H26O2. The highest BCUT2D eigenvalue weighted by Gasteiger charge is 2.46. The highest BCUT2D eigenvalue weighted by Crippen LogP contribution is 2.42. The summed E-state index contributed by atoms with van der Waals surface area (Å²) >= 11 is 0. The Labute approximate surface area is 105 Å². The summed E-state index contributed by atoms with van der Waals surface area (Å²) in [7, 11) is 0. The second-order valence-corrected chi connectivity index (χ2v) is 6.50. The van der Waals surface area contributed by atoms with E-state index in [1.807, 2.05) is 0 Å². The summed E-state index contributed by atoms with van der Waals surface area (Å²) in [6.07, 6.45) is 3.70.